The van der Waals surface area contributed by atoms with E-state index in [4.69, 9.17) is 99.3 Å². The molecule has 140 heavy (non-hydrogen) atoms. The van der Waals surface area contributed by atoms with Crippen LogP contribution in [-0.2, 0) is 28.4 Å². The second-order valence-corrected chi connectivity index (χ2v) is 44.1. The molecule has 2 heterocycles. The molecule has 0 spiro atoms. The van der Waals surface area contributed by atoms with Gasteiger partial charge in [-0.05, 0) is 106 Å². The van der Waals surface area contributed by atoms with Crippen LogP contribution in [0.3, 0.4) is 0 Å². The predicted molar refractivity (Wildman–Crippen MR) is 592 cm³/mol. The van der Waals surface area contributed by atoms with E-state index in [1.54, 1.807) is 36.4 Å². The van der Waals surface area contributed by atoms with Crippen LogP contribution in [0.4, 0.5) is 11.4 Å². The lowest BCUT2D eigenvalue weighted by Crippen LogP contribution is -2.62. The van der Waals surface area contributed by atoms with Crippen LogP contribution in [0.1, 0.15) is 502 Å². The van der Waals surface area contributed by atoms with Gasteiger partial charge >= 0.3 is 0 Å². The Kier molecular flexibility index (Phi) is 83.1. The lowest BCUT2D eigenvalue weighted by Gasteiger charge is -2.43. The number of aliphatic hydroxyl groups is 10. The van der Waals surface area contributed by atoms with Crippen molar-refractivity contribution in [3.8, 4) is 0 Å². The molecule has 0 radical (unpaired) electrons. The quantitative estimate of drug-likeness (QED) is 0.0216. The third-order valence-corrected chi connectivity index (χ3v) is 30.8. The Morgan fingerprint density at radius 2 is 0.629 bits per heavy atom. The second-order valence-electron chi connectivity index (χ2n) is 41.7. The third-order valence-electron chi connectivity index (χ3n) is 29.1. The van der Waals surface area contributed by atoms with Gasteiger partial charge in [-0.2, -0.15) is 0 Å². The van der Waals surface area contributed by atoms with Crippen LogP contribution < -0.4 is 21.3 Å². The first-order valence-electron chi connectivity index (χ1n) is 57.8. The van der Waals surface area contributed by atoms with E-state index >= 15 is 0 Å². The van der Waals surface area contributed by atoms with Crippen molar-refractivity contribution in [1.29, 1.82) is 0 Å². The molecular weight excluding hydrogens is 1890 g/mol. The van der Waals surface area contributed by atoms with E-state index in [0.717, 1.165) is 141 Å². The van der Waals surface area contributed by atoms with Crippen LogP contribution in [0, 0.1) is 0 Å². The molecule has 2 saturated heterocycles. The minimum Gasteiger partial charge on any atom is -0.468 e. The number of rotatable bonds is 96. The summed E-state index contributed by atoms with van der Waals surface area (Å²) in [5.41, 5.74) is 0.975. The zero-order valence-electron chi connectivity index (χ0n) is 88.1. The van der Waals surface area contributed by atoms with Crippen molar-refractivity contribution in [2.45, 2.75) is 606 Å². The SMILES string of the molecule is CCCCCCCCCCCCCCCCCCCCCCCCCCNC(CO[C@H]1O[C@H](COC(=S)Nc2ccc(Cl)c(Cl)c2)[C@H](O)[C@H](O)[C@H]1O)C(O)C(O)CCCCCCCCCCCCCCC(O[C@H]1O[C@H](COC(=S)Nc2ccc(Cl)cc2Cl)[C@H](O)[C@H](O)[C@H]1O)[C@@H](NCCCCCCCCCCCCCCCCCCCCCCCCCC)[C@H](O)[C@H](O)CCCCCCCCCCCCCC. The summed E-state index contributed by atoms with van der Waals surface area (Å²) >= 11 is 35.8. The summed E-state index contributed by atoms with van der Waals surface area (Å²) in [5.74, 6) is 0. The van der Waals surface area contributed by atoms with Gasteiger partial charge in [-0.3, -0.25) is 0 Å². The molecule has 0 saturated carbocycles. The number of aliphatic hydroxyl groups excluding tert-OH is 10. The molecule has 0 amide bonds. The Labute approximate surface area is 882 Å². The number of thiocarbonyl (C=S) groups is 2. The Morgan fingerprint density at radius 3 is 0.979 bits per heavy atom. The lowest BCUT2D eigenvalue weighted by atomic mass is 9.92. The minimum atomic E-state index is -1.67. The molecule has 2 aliphatic heterocycles. The number of unbranched alkanes of at least 4 members (excludes halogenated alkanes) is 68. The van der Waals surface area contributed by atoms with E-state index in [-0.39, 0.29) is 30.2 Å². The normalized spacial score (nSPS) is 19.9. The minimum absolute atomic E-state index is 0.0543. The lowest BCUT2D eigenvalue weighted by molar-refractivity contribution is -0.314. The molecule has 818 valence electrons. The Balaban J connectivity index is 1.28. The van der Waals surface area contributed by atoms with Gasteiger partial charge in [-0.15, -0.1) is 0 Å². The molecule has 2 fully saturated rings. The number of nitrogens with one attached hydrogen (secondary N) is 4. The van der Waals surface area contributed by atoms with Crippen molar-refractivity contribution in [2.75, 3.05) is 43.5 Å². The largest absolute Gasteiger partial charge is 0.468 e. The molecule has 2 aromatic rings. The zero-order valence-corrected chi connectivity index (χ0v) is 92.8. The zero-order chi connectivity index (χ0) is 101. The van der Waals surface area contributed by atoms with Gasteiger partial charge in [0, 0.05) is 10.7 Å². The Morgan fingerprint density at radius 1 is 0.321 bits per heavy atom. The van der Waals surface area contributed by atoms with Gasteiger partial charge in [0.2, 0.25) is 0 Å². The third kappa shape index (κ3) is 64.8. The molecule has 4 rings (SSSR count). The average molecular weight is 2090 g/mol. The van der Waals surface area contributed by atoms with E-state index in [2.05, 4.69) is 42.0 Å². The Bertz CT molecular complexity index is 3200. The van der Waals surface area contributed by atoms with Gasteiger partial charge in [0.05, 0.1) is 70.0 Å². The van der Waals surface area contributed by atoms with Crippen molar-refractivity contribution < 1.29 is 79.5 Å². The molecule has 2 aliphatic rings. The van der Waals surface area contributed by atoms with Crippen LogP contribution >= 0.6 is 70.8 Å². The fourth-order valence-electron chi connectivity index (χ4n) is 19.8. The van der Waals surface area contributed by atoms with E-state index in [1.807, 2.05) is 0 Å². The number of ether oxygens (including phenoxy) is 6. The van der Waals surface area contributed by atoms with Crippen LogP contribution in [0.2, 0.25) is 20.1 Å². The number of hydrogen-bond donors (Lipinski definition) is 14. The first kappa shape index (κ1) is 131. The van der Waals surface area contributed by atoms with E-state index in [1.165, 1.54) is 321 Å². The standard InChI is InChI=1S/C114H206Cl4N4O16S2/c1-4-7-10-13-16-19-22-25-27-29-31-33-35-37-39-41-43-45-49-54-59-64-69-74-83-119-96(87-133-111-109(131)107(129)105(127)100(137-111)88-134-113(139)121-91-80-81-92(116)93(117)86-91)103(125)97(123)76-71-66-61-56-52-47-48-53-58-63-68-73-78-99(136-112-110(132)108(130)106(128)101(138-112)89-135-114(140)122-95-82-79-90(115)85-94(95)118)102(104(126)98(124)77-72-67-62-57-51-24-21-18-15-12-9-6-3)120-84-75-70-65-60-55-50-46-44-42-40-38-36-34-32-30-28-26-23-20-17-14-11-8-5-2/h79-82,85-86,96-112,119-120,123-132H,4-78,83-84,87-89H2,1-3H3,(H,121,139)(H,122,140)/t96?,97?,98-,99?,100-,101-,102-,103?,104-,105+,106+,107+,108+,109-,110-,111+,112+/m1/s1. The van der Waals surface area contributed by atoms with Crippen LogP contribution in [0.25, 0.3) is 0 Å². The van der Waals surface area contributed by atoms with Crippen LogP contribution in [0.5, 0.6) is 0 Å². The maximum atomic E-state index is 12.5. The molecule has 20 nitrogen and oxygen atoms in total. The fraction of sp³-hybridized carbons (Fsp3) is 0.877. The van der Waals surface area contributed by atoms with Crippen molar-refractivity contribution >= 4 is 92.6 Å². The van der Waals surface area contributed by atoms with Crippen molar-refractivity contribution in [3.63, 3.8) is 0 Å². The summed E-state index contributed by atoms with van der Waals surface area (Å²) in [6.07, 6.45) is 69.9. The monoisotopic (exact) mass is 2090 g/mol. The van der Waals surface area contributed by atoms with E-state index in [0.29, 0.717) is 63.8 Å². The Hall–Kier alpha value is -1.66. The van der Waals surface area contributed by atoms with Gasteiger partial charge in [0.25, 0.3) is 10.3 Å². The molecule has 26 heteroatoms. The molecule has 14 N–H and O–H groups in total. The number of hydrogen-bond acceptors (Lipinski definition) is 20. The van der Waals surface area contributed by atoms with Gasteiger partial charge < -0.3 is 101 Å². The summed E-state index contributed by atoms with van der Waals surface area (Å²) in [5, 5.41) is 130. The first-order valence-corrected chi connectivity index (χ1v) is 60.2. The second kappa shape index (κ2) is 89.0. The summed E-state index contributed by atoms with van der Waals surface area (Å²) in [6.45, 7) is 7.21. The predicted octanol–water partition coefficient (Wildman–Crippen LogP) is 29.1. The molecule has 0 aliphatic carbocycles. The topological polar surface area (TPSA) is 306 Å². The highest BCUT2D eigenvalue weighted by atomic mass is 35.5. The summed E-state index contributed by atoms with van der Waals surface area (Å²) in [4.78, 5) is 0. The average Bonchev–Trinajstić information content (AvgIpc) is 0.802. The molecule has 17 atom stereocenters. The fourth-order valence-corrected chi connectivity index (χ4v) is 21.0. The molecule has 0 aromatic heterocycles. The highest BCUT2D eigenvalue weighted by Crippen LogP contribution is 2.33. The van der Waals surface area contributed by atoms with Crippen molar-refractivity contribution in [1.82, 2.24) is 10.6 Å². The summed E-state index contributed by atoms with van der Waals surface area (Å²) < 4.78 is 36.9. The molecular formula is C114H206Cl4N4O16S2. The smallest absolute Gasteiger partial charge is 0.261 e. The maximum Gasteiger partial charge on any atom is 0.261 e. The molecule has 2 aromatic carbocycles. The number of benzene rings is 2. The number of anilines is 2. The van der Waals surface area contributed by atoms with Gasteiger partial charge in [-0.1, -0.05) is 517 Å². The van der Waals surface area contributed by atoms with Gasteiger partial charge in [-0.25, -0.2) is 0 Å². The first-order chi connectivity index (χ1) is 68.2. The molecule has 0 bridgehead atoms. The summed E-state index contributed by atoms with van der Waals surface area (Å²) in [6, 6.07) is 8.24. The van der Waals surface area contributed by atoms with Crippen LogP contribution in [-0.4, -0.2) is 198 Å². The van der Waals surface area contributed by atoms with Crippen molar-refractivity contribution in [2.24, 2.45) is 0 Å². The van der Waals surface area contributed by atoms with Crippen LogP contribution in [0.15, 0.2) is 36.4 Å². The van der Waals surface area contributed by atoms with Gasteiger partial charge in [0.15, 0.2) is 12.6 Å². The van der Waals surface area contributed by atoms with Crippen molar-refractivity contribution in [3.05, 3.63) is 56.5 Å². The maximum absolute atomic E-state index is 12.5. The van der Waals surface area contributed by atoms with E-state index in [9.17, 15) is 51.1 Å². The highest BCUT2D eigenvalue weighted by molar-refractivity contribution is 7.80. The summed E-state index contributed by atoms with van der Waals surface area (Å²) in [7, 11) is 0. The highest BCUT2D eigenvalue weighted by Gasteiger charge is 2.48. The van der Waals surface area contributed by atoms with E-state index < -0.39 is 104 Å². The van der Waals surface area contributed by atoms with Gasteiger partial charge in [0.1, 0.15) is 62.0 Å². The number of halogens is 4. The molecule has 4 unspecified atom stereocenters.